The molecule has 1 amide bonds. The standard InChI is InChI=1S/C19H19IN4O3/c1-19(2,3)27-18(25)22-14-9-11-15(12-10-14)24(13-21)17(23-20)26-16-7-5-4-6-8-16/h4-12H,1-3H3,(H,22,25). The molecule has 0 spiro atoms. The molecule has 2 rings (SSSR count). The molecule has 7 nitrogen and oxygen atoms in total. The highest BCUT2D eigenvalue weighted by atomic mass is 127. The van der Waals surface area contributed by atoms with E-state index in [1.807, 2.05) is 24.4 Å². The number of nitrogens with zero attached hydrogens (tertiary/aromatic N) is 3. The normalized spacial score (nSPS) is 11.3. The maximum Gasteiger partial charge on any atom is 0.412 e. The van der Waals surface area contributed by atoms with Gasteiger partial charge in [-0.05, 0) is 57.2 Å². The highest BCUT2D eigenvalue weighted by Gasteiger charge is 2.18. The molecular weight excluding hydrogens is 459 g/mol. The van der Waals surface area contributed by atoms with Gasteiger partial charge in [-0.3, -0.25) is 5.32 Å². The summed E-state index contributed by atoms with van der Waals surface area (Å²) in [7, 11) is 0. The molecule has 0 heterocycles. The molecule has 2 aromatic carbocycles. The summed E-state index contributed by atoms with van der Waals surface area (Å²) in [5.74, 6) is 0.566. The quantitative estimate of drug-likeness (QED) is 0.218. The maximum atomic E-state index is 11.8. The largest absolute Gasteiger partial charge is 0.444 e. The summed E-state index contributed by atoms with van der Waals surface area (Å²) < 4.78 is 14.9. The van der Waals surface area contributed by atoms with Gasteiger partial charge in [0, 0.05) is 5.69 Å². The number of benzene rings is 2. The second kappa shape index (κ2) is 9.23. The smallest absolute Gasteiger partial charge is 0.412 e. The van der Waals surface area contributed by atoms with Crippen LogP contribution in [0.15, 0.2) is 57.8 Å². The Hall–Kier alpha value is -2.80. The summed E-state index contributed by atoms with van der Waals surface area (Å²) in [4.78, 5) is 13.1. The fraction of sp³-hybridized carbons (Fsp3) is 0.211. The summed E-state index contributed by atoms with van der Waals surface area (Å²) in [6.45, 7) is 5.37. The van der Waals surface area contributed by atoms with Crippen molar-refractivity contribution in [3.05, 3.63) is 54.6 Å². The van der Waals surface area contributed by atoms with Gasteiger partial charge in [-0.1, -0.05) is 18.2 Å². The van der Waals surface area contributed by atoms with E-state index in [4.69, 9.17) is 9.47 Å². The molecule has 140 valence electrons. The number of halogens is 1. The molecule has 0 aliphatic heterocycles. The van der Waals surface area contributed by atoms with Gasteiger partial charge in [0.25, 0.3) is 0 Å². The molecule has 0 fully saturated rings. The number of anilines is 2. The van der Waals surface area contributed by atoms with Gasteiger partial charge in [0.1, 0.15) is 11.4 Å². The van der Waals surface area contributed by atoms with Crippen molar-refractivity contribution in [1.29, 1.82) is 5.26 Å². The van der Waals surface area contributed by atoms with Gasteiger partial charge in [0.05, 0.1) is 28.6 Å². The fourth-order valence-corrected chi connectivity index (χ4v) is 2.34. The zero-order valence-corrected chi connectivity index (χ0v) is 17.3. The Morgan fingerprint density at radius 2 is 1.78 bits per heavy atom. The minimum Gasteiger partial charge on any atom is -0.444 e. The van der Waals surface area contributed by atoms with E-state index >= 15 is 0 Å². The number of amidine groups is 1. The third kappa shape index (κ3) is 6.45. The van der Waals surface area contributed by atoms with Gasteiger partial charge >= 0.3 is 12.1 Å². The predicted molar refractivity (Wildman–Crippen MR) is 113 cm³/mol. The lowest BCUT2D eigenvalue weighted by atomic mass is 10.2. The molecule has 0 atom stereocenters. The third-order valence-electron chi connectivity index (χ3n) is 3.09. The van der Waals surface area contributed by atoms with Gasteiger partial charge in [-0.2, -0.15) is 13.4 Å². The number of rotatable bonds is 3. The van der Waals surface area contributed by atoms with E-state index in [0.717, 1.165) is 0 Å². The Kier molecular flexibility index (Phi) is 7.01. The van der Waals surface area contributed by atoms with Crippen molar-refractivity contribution >= 4 is 46.4 Å². The molecule has 8 heteroatoms. The van der Waals surface area contributed by atoms with Crippen LogP contribution in [0.25, 0.3) is 0 Å². The van der Waals surface area contributed by atoms with Crippen molar-refractivity contribution in [3.63, 3.8) is 0 Å². The van der Waals surface area contributed by atoms with Crippen molar-refractivity contribution in [2.45, 2.75) is 26.4 Å². The summed E-state index contributed by atoms with van der Waals surface area (Å²) in [6.07, 6.45) is 1.49. The van der Waals surface area contributed by atoms with Crippen LogP contribution in [-0.2, 0) is 4.74 Å². The van der Waals surface area contributed by atoms with Crippen molar-refractivity contribution in [1.82, 2.24) is 0 Å². The zero-order valence-electron chi connectivity index (χ0n) is 15.1. The first-order chi connectivity index (χ1) is 12.8. The minimum atomic E-state index is -0.581. The van der Waals surface area contributed by atoms with Gasteiger partial charge in [-0.15, -0.1) is 0 Å². The first-order valence-electron chi connectivity index (χ1n) is 8.04. The van der Waals surface area contributed by atoms with Gasteiger partial charge in [0.15, 0.2) is 6.19 Å². The maximum absolute atomic E-state index is 11.8. The molecule has 0 radical (unpaired) electrons. The van der Waals surface area contributed by atoms with Crippen LogP contribution >= 0.6 is 22.9 Å². The Balaban J connectivity index is 2.11. The van der Waals surface area contributed by atoms with Crippen LogP contribution in [0, 0.1) is 11.5 Å². The van der Waals surface area contributed by atoms with Crippen molar-refractivity contribution < 1.29 is 14.3 Å². The van der Waals surface area contributed by atoms with Crippen LogP contribution in [0.5, 0.6) is 5.75 Å². The van der Waals surface area contributed by atoms with Gasteiger partial charge in [-0.25, -0.2) is 4.79 Å². The van der Waals surface area contributed by atoms with E-state index < -0.39 is 11.7 Å². The Labute approximate surface area is 172 Å². The molecule has 0 aliphatic rings. The van der Waals surface area contributed by atoms with Gasteiger partial charge in [0.2, 0.25) is 0 Å². The Morgan fingerprint density at radius 3 is 2.30 bits per heavy atom. The number of ether oxygens (including phenoxy) is 2. The number of amides is 1. The average molecular weight is 478 g/mol. The summed E-state index contributed by atoms with van der Waals surface area (Å²) >= 11 is 1.77. The molecule has 0 saturated carbocycles. The topological polar surface area (TPSA) is 87.0 Å². The van der Waals surface area contributed by atoms with Crippen molar-refractivity contribution in [2.24, 2.45) is 3.21 Å². The number of carbonyl (C=O) groups excluding carboxylic acids is 1. The lowest BCUT2D eigenvalue weighted by Gasteiger charge is -2.20. The number of nitrogens with one attached hydrogen (secondary N) is 1. The average Bonchev–Trinajstić information content (AvgIpc) is 2.62. The zero-order chi connectivity index (χ0) is 19.9. The van der Waals surface area contributed by atoms with Crippen LogP contribution in [0.4, 0.5) is 16.2 Å². The van der Waals surface area contributed by atoms with E-state index in [2.05, 4.69) is 8.52 Å². The molecule has 1 N–H and O–H groups in total. The molecule has 0 unspecified atom stereocenters. The second-order valence-electron chi connectivity index (χ2n) is 6.39. The molecule has 0 aromatic heterocycles. The third-order valence-corrected chi connectivity index (χ3v) is 3.50. The number of carbonyl (C=O) groups is 1. The summed E-state index contributed by atoms with van der Waals surface area (Å²) in [5, 5.41) is 12.2. The van der Waals surface area contributed by atoms with E-state index in [0.29, 0.717) is 17.1 Å². The molecule has 0 bridgehead atoms. The predicted octanol–water partition coefficient (Wildman–Crippen LogP) is 5.11. The van der Waals surface area contributed by atoms with E-state index in [1.54, 1.807) is 80.0 Å². The number of para-hydroxylation sites is 1. The fourth-order valence-electron chi connectivity index (χ4n) is 2.02. The first-order valence-corrected chi connectivity index (χ1v) is 9.00. The van der Waals surface area contributed by atoms with Gasteiger partial charge < -0.3 is 9.47 Å². The minimum absolute atomic E-state index is 0.122. The molecule has 27 heavy (non-hydrogen) atoms. The number of nitriles is 1. The first kappa shape index (κ1) is 20.5. The van der Waals surface area contributed by atoms with E-state index in [-0.39, 0.29) is 6.02 Å². The highest BCUT2D eigenvalue weighted by Crippen LogP contribution is 2.21. The van der Waals surface area contributed by atoms with Crippen LogP contribution in [0.2, 0.25) is 0 Å². The molecular formula is C19H19IN4O3. The van der Waals surface area contributed by atoms with Crippen molar-refractivity contribution in [2.75, 3.05) is 10.2 Å². The number of hydrogen-bond donors (Lipinski definition) is 1. The SMILES string of the molecule is CC(C)(C)OC(=O)Nc1ccc(N(C#N)C(=NI)Oc2ccccc2)cc1. The van der Waals surface area contributed by atoms with Crippen LogP contribution < -0.4 is 15.0 Å². The molecule has 0 saturated heterocycles. The summed E-state index contributed by atoms with van der Waals surface area (Å²) in [5.41, 5.74) is 0.503. The summed E-state index contributed by atoms with van der Waals surface area (Å²) in [6, 6.07) is 15.9. The van der Waals surface area contributed by atoms with Crippen LogP contribution in [0.3, 0.4) is 0 Å². The Morgan fingerprint density at radius 1 is 1.15 bits per heavy atom. The Bertz CT molecular complexity index is 840. The van der Waals surface area contributed by atoms with Crippen LogP contribution in [0.1, 0.15) is 20.8 Å². The van der Waals surface area contributed by atoms with Crippen molar-refractivity contribution in [3.8, 4) is 11.9 Å². The monoisotopic (exact) mass is 478 g/mol. The lowest BCUT2D eigenvalue weighted by molar-refractivity contribution is 0.0636. The molecule has 0 aliphatic carbocycles. The molecule has 2 aromatic rings. The lowest BCUT2D eigenvalue weighted by Crippen LogP contribution is -2.30. The number of hydrogen-bond acceptors (Lipinski definition) is 5. The van der Waals surface area contributed by atoms with Crippen LogP contribution in [-0.4, -0.2) is 17.7 Å². The van der Waals surface area contributed by atoms with E-state index in [9.17, 15) is 10.1 Å². The highest BCUT2D eigenvalue weighted by molar-refractivity contribution is 14.1. The van der Waals surface area contributed by atoms with E-state index in [1.165, 1.54) is 4.90 Å². The second-order valence-corrected chi connectivity index (χ2v) is 6.87.